The van der Waals surface area contributed by atoms with E-state index in [1.54, 1.807) is 12.1 Å². The molecule has 0 atom stereocenters. The van der Waals surface area contributed by atoms with Crippen molar-refractivity contribution in [3.05, 3.63) is 69.3 Å². The lowest BCUT2D eigenvalue weighted by molar-refractivity contribution is -0.166. The first-order valence-electron chi connectivity index (χ1n) is 6.66. The van der Waals surface area contributed by atoms with E-state index in [-0.39, 0.29) is 11.3 Å². The Bertz CT molecular complexity index is 832. The van der Waals surface area contributed by atoms with Gasteiger partial charge in [0, 0.05) is 15.1 Å². The Morgan fingerprint density at radius 3 is 2.12 bits per heavy atom. The quantitative estimate of drug-likeness (QED) is 0.352. The summed E-state index contributed by atoms with van der Waals surface area (Å²) in [6.45, 7) is 0. The Labute approximate surface area is 153 Å². The zero-order chi connectivity index (χ0) is 18.6. The summed E-state index contributed by atoms with van der Waals surface area (Å²) in [7, 11) is 0. The first-order chi connectivity index (χ1) is 11.7. The molecule has 2 aromatic carbocycles. The van der Waals surface area contributed by atoms with Crippen LogP contribution in [0.1, 0.15) is 5.56 Å². The molecule has 0 radical (unpaired) electrons. The molecule has 0 saturated heterocycles. The molecule has 0 bridgehead atoms. The second-order valence-electron chi connectivity index (χ2n) is 4.71. The molecule has 130 valence electrons. The van der Waals surface area contributed by atoms with Gasteiger partial charge in [0.15, 0.2) is 11.5 Å². The van der Waals surface area contributed by atoms with E-state index in [0.29, 0.717) is 5.02 Å². The molecule has 25 heavy (non-hydrogen) atoms. The Kier molecular flexibility index (Phi) is 5.97. The molecule has 2 rings (SSSR count). The minimum absolute atomic E-state index is 0.0493. The molecule has 0 saturated carbocycles. The lowest BCUT2D eigenvalue weighted by atomic mass is 10.1. The molecule has 0 aliphatic rings. The second-order valence-corrected chi connectivity index (χ2v) is 6.06. The predicted octanol–water partition coefficient (Wildman–Crippen LogP) is 6.24. The van der Waals surface area contributed by atoms with Crippen molar-refractivity contribution in [2.45, 2.75) is 6.18 Å². The fraction of sp³-hybridized carbons (Fsp3) is 0.0625. The van der Waals surface area contributed by atoms with Crippen LogP contribution in [0.15, 0.2) is 68.9 Å². The highest BCUT2D eigenvalue weighted by atomic mass is 79.9. The summed E-state index contributed by atoms with van der Waals surface area (Å²) in [5.74, 6) is -3.25. The number of halogens is 5. The standard InChI is InChI=1S/C16H9BrClF3N2O2/c17-10-3-7-12(8-4-10)22-23-13(15(25)16(19,20)21)14(24)9-1-5-11(18)6-2-9/h1-8,24H. The van der Waals surface area contributed by atoms with Crippen LogP contribution in [0.2, 0.25) is 5.02 Å². The molecule has 0 aromatic heterocycles. The average Bonchev–Trinajstić information content (AvgIpc) is 2.56. The maximum Gasteiger partial charge on any atom is 0.456 e. The molecule has 0 aliphatic heterocycles. The fourth-order valence-corrected chi connectivity index (χ4v) is 2.08. The molecule has 0 unspecified atom stereocenters. The number of hydrogen-bond donors (Lipinski definition) is 1. The van der Waals surface area contributed by atoms with Gasteiger partial charge in [-0.3, -0.25) is 4.79 Å². The summed E-state index contributed by atoms with van der Waals surface area (Å²) in [6, 6.07) is 11.4. The van der Waals surface area contributed by atoms with Crippen LogP contribution in [-0.2, 0) is 4.79 Å². The first kappa shape index (κ1) is 19.1. The maximum absolute atomic E-state index is 12.8. The number of rotatable bonds is 4. The maximum atomic E-state index is 12.8. The summed E-state index contributed by atoms with van der Waals surface area (Å²) in [5.41, 5.74) is -1.05. The minimum atomic E-state index is -5.21. The van der Waals surface area contributed by atoms with E-state index in [2.05, 4.69) is 26.2 Å². The van der Waals surface area contributed by atoms with Gasteiger partial charge in [0.25, 0.3) is 5.78 Å². The normalized spacial score (nSPS) is 13.0. The fourth-order valence-electron chi connectivity index (χ4n) is 1.69. The predicted molar refractivity (Wildman–Crippen MR) is 90.7 cm³/mol. The van der Waals surface area contributed by atoms with Crippen molar-refractivity contribution in [3.63, 3.8) is 0 Å². The highest BCUT2D eigenvalue weighted by Gasteiger charge is 2.43. The molecule has 2 aromatic rings. The van der Waals surface area contributed by atoms with Gasteiger partial charge in [-0.15, -0.1) is 5.11 Å². The van der Waals surface area contributed by atoms with Gasteiger partial charge in [-0.25, -0.2) is 0 Å². The molecule has 4 nitrogen and oxygen atoms in total. The monoisotopic (exact) mass is 432 g/mol. The third-order valence-electron chi connectivity index (χ3n) is 2.91. The van der Waals surface area contributed by atoms with E-state index >= 15 is 0 Å². The van der Waals surface area contributed by atoms with Crippen molar-refractivity contribution in [3.8, 4) is 0 Å². The number of aliphatic hydroxyl groups is 1. The highest BCUT2D eigenvalue weighted by Crippen LogP contribution is 2.28. The molecule has 1 N–H and O–H groups in total. The second kappa shape index (κ2) is 7.79. The van der Waals surface area contributed by atoms with Gasteiger partial charge in [0.2, 0.25) is 0 Å². The number of hydrogen-bond acceptors (Lipinski definition) is 4. The number of aliphatic hydroxyl groups excluding tert-OH is 1. The van der Waals surface area contributed by atoms with Crippen molar-refractivity contribution >= 4 is 44.8 Å². The molecule has 0 heterocycles. The molecule has 9 heteroatoms. The van der Waals surface area contributed by atoms with Gasteiger partial charge in [-0.1, -0.05) is 27.5 Å². The van der Waals surface area contributed by atoms with E-state index in [1.165, 1.54) is 36.4 Å². The number of nitrogens with zero attached hydrogens (tertiary/aromatic N) is 2. The van der Waals surface area contributed by atoms with E-state index in [4.69, 9.17) is 11.6 Å². The van der Waals surface area contributed by atoms with Crippen LogP contribution < -0.4 is 0 Å². The Morgan fingerprint density at radius 2 is 1.60 bits per heavy atom. The van der Waals surface area contributed by atoms with Crippen LogP contribution in [-0.4, -0.2) is 17.1 Å². The Morgan fingerprint density at radius 1 is 1.04 bits per heavy atom. The number of carbonyl (C=O) groups excluding carboxylic acids is 1. The number of alkyl halides is 3. The minimum Gasteiger partial charge on any atom is -0.505 e. The van der Waals surface area contributed by atoms with E-state index in [0.717, 1.165) is 4.47 Å². The van der Waals surface area contributed by atoms with Crippen LogP contribution in [0.25, 0.3) is 5.76 Å². The lowest BCUT2D eigenvalue weighted by Gasteiger charge is -2.08. The van der Waals surface area contributed by atoms with Crippen LogP contribution in [0, 0.1) is 0 Å². The molecule has 0 amide bonds. The zero-order valence-corrected chi connectivity index (χ0v) is 14.6. The highest BCUT2D eigenvalue weighted by molar-refractivity contribution is 9.10. The Balaban J connectivity index is 2.49. The number of azo groups is 1. The first-order valence-corrected chi connectivity index (χ1v) is 7.83. The summed E-state index contributed by atoms with van der Waals surface area (Å²) >= 11 is 8.89. The van der Waals surface area contributed by atoms with Gasteiger partial charge in [-0.05, 0) is 48.5 Å². The largest absolute Gasteiger partial charge is 0.505 e. The average molecular weight is 434 g/mol. The van der Waals surface area contributed by atoms with Crippen LogP contribution in [0.3, 0.4) is 0 Å². The van der Waals surface area contributed by atoms with E-state index < -0.39 is 23.4 Å². The summed E-state index contributed by atoms with van der Waals surface area (Å²) in [4.78, 5) is 11.6. The van der Waals surface area contributed by atoms with Crippen molar-refractivity contribution in [1.82, 2.24) is 0 Å². The van der Waals surface area contributed by atoms with Gasteiger partial charge >= 0.3 is 6.18 Å². The topological polar surface area (TPSA) is 62.0 Å². The van der Waals surface area contributed by atoms with E-state index in [1.807, 2.05) is 0 Å². The molecular weight excluding hydrogens is 425 g/mol. The lowest BCUT2D eigenvalue weighted by Crippen LogP contribution is -2.24. The van der Waals surface area contributed by atoms with Crippen molar-refractivity contribution < 1.29 is 23.1 Å². The Hall–Kier alpha value is -2.19. The van der Waals surface area contributed by atoms with Crippen molar-refractivity contribution in [1.29, 1.82) is 0 Å². The van der Waals surface area contributed by atoms with Crippen LogP contribution in [0.5, 0.6) is 0 Å². The number of benzene rings is 2. The number of carbonyl (C=O) groups is 1. The van der Waals surface area contributed by atoms with Gasteiger partial charge in [0.05, 0.1) is 5.69 Å². The smallest absolute Gasteiger partial charge is 0.456 e. The van der Waals surface area contributed by atoms with Gasteiger partial charge in [-0.2, -0.15) is 18.3 Å². The van der Waals surface area contributed by atoms with E-state index in [9.17, 15) is 23.1 Å². The molecular formula is C16H9BrClF3N2O2. The summed E-state index contributed by atoms with van der Waals surface area (Å²) in [6.07, 6.45) is -5.21. The van der Waals surface area contributed by atoms with Gasteiger partial charge in [0.1, 0.15) is 0 Å². The SMILES string of the molecule is O=C(C(N=Nc1ccc(Br)cc1)=C(O)c1ccc(Cl)cc1)C(F)(F)F. The van der Waals surface area contributed by atoms with Crippen molar-refractivity contribution in [2.75, 3.05) is 0 Å². The molecule has 0 fully saturated rings. The molecule has 0 aliphatic carbocycles. The number of ketones is 1. The number of Topliss-reactive ketones (excluding diaryl/α,β-unsaturated/α-hetero) is 1. The third-order valence-corrected chi connectivity index (χ3v) is 3.69. The zero-order valence-electron chi connectivity index (χ0n) is 12.3. The summed E-state index contributed by atoms with van der Waals surface area (Å²) < 4.78 is 39.1. The summed E-state index contributed by atoms with van der Waals surface area (Å²) in [5, 5.41) is 17.3. The molecule has 0 spiro atoms. The van der Waals surface area contributed by atoms with Crippen LogP contribution >= 0.6 is 27.5 Å². The third kappa shape index (κ3) is 5.14. The van der Waals surface area contributed by atoms with Crippen LogP contribution in [0.4, 0.5) is 18.9 Å². The number of allylic oxidation sites excluding steroid dienone is 1. The van der Waals surface area contributed by atoms with Gasteiger partial charge < -0.3 is 5.11 Å². The van der Waals surface area contributed by atoms with Crippen molar-refractivity contribution in [2.24, 2.45) is 10.2 Å².